The summed E-state index contributed by atoms with van der Waals surface area (Å²) in [5.41, 5.74) is 0.664. The monoisotopic (exact) mass is 414 g/mol. The Bertz CT molecular complexity index is 798. The lowest BCUT2D eigenvalue weighted by molar-refractivity contribution is 0.0698. The number of hydrogen-bond acceptors (Lipinski definition) is 4. The highest BCUT2D eigenvalue weighted by molar-refractivity contribution is 9.10. The maximum atomic E-state index is 12.7. The van der Waals surface area contributed by atoms with Crippen molar-refractivity contribution in [3.8, 4) is 0 Å². The molecular weight excluding hydrogens is 400 g/mol. The van der Waals surface area contributed by atoms with E-state index in [4.69, 9.17) is 0 Å². The van der Waals surface area contributed by atoms with Crippen molar-refractivity contribution in [2.75, 3.05) is 26.2 Å². The summed E-state index contributed by atoms with van der Waals surface area (Å²) in [6.07, 6.45) is 0. The van der Waals surface area contributed by atoms with Crippen LogP contribution in [0.4, 0.5) is 0 Å². The number of carbonyl (C=O) groups is 1. The van der Waals surface area contributed by atoms with Crippen LogP contribution in [0.1, 0.15) is 10.4 Å². The molecule has 0 atom stereocenters. The molecule has 1 aromatic carbocycles. The summed E-state index contributed by atoms with van der Waals surface area (Å²) in [5, 5.41) is 3.67. The van der Waals surface area contributed by atoms with Crippen LogP contribution >= 0.6 is 27.3 Å². The lowest BCUT2D eigenvalue weighted by Gasteiger charge is -2.34. The van der Waals surface area contributed by atoms with E-state index in [1.54, 1.807) is 35.2 Å². The highest BCUT2D eigenvalue weighted by atomic mass is 79.9. The number of nitrogens with zero attached hydrogens (tertiary/aromatic N) is 2. The van der Waals surface area contributed by atoms with Gasteiger partial charge in [-0.05, 0) is 39.5 Å². The third-order valence-electron chi connectivity index (χ3n) is 3.75. The number of piperazine rings is 1. The molecule has 0 unspecified atom stereocenters. The first kappa shape index (κ1) is 16.6. The maximum Gasteiger partial charge on any atom is 0.254 e. The van der Waals surface area contributed by atoms with Crippen molar-refractivity contribution in [1.29, 1.82) is 0 Å². The molecule has 0 N–H and O–H groups in total. The van der Waals surface area contributed by atoms with E-state index < -0.39 is 10.0 Å². The first-order valence-electron chi connectivity index (χ1n) is 7.06. The smallest absolute Gasteiger partial charge is 0.254 e. The Balaban J connectivity index is 1.72. The Morgan fingerprint density at radius 2 is 1.78 bits per heavy atom. The predicted octanol–water partition coefficient (Wildman–Crippen LogP) is 2.66. The van der Waals surface area contributed by atoms with Gasteiger partial charge in [-0.2, -0.15) is 15.6 Å². The third-order valence-corrected chi connectivity index (χ3v) is 7.34. The molecule has 3 rings (SSSR count). The van der Waals surface area contributed by atoms with E-state index in [-0.39, 0.29) is 10.8 Å². The topological polar surface area (TPSA) is 57.7 Å². The molecule has 1 saturated heterocycles. The number of benzene rings is 1. The highest BCUT2D eigenvalue weighted by Gasteiger charge is 2.31. The molecule has 23 heavy (non-hydrogen) atoms. The van der Waals surface area contributed by atoms with E-state index in [1.165, 1.54) is 15.6 Å². The molecule has 1 fully saturated rings. The van der Waals surface area contributed by atoms with Crippen molar-refractivity contribution in [1.82, 2.24) is 9.21 Å². The molecule has 8 heteroatoms. The van der Waals surface area contributed by atoms with E-state index >= 15 is 0 Å². The standard InChI is InChI=1S/C15H15BrN2O3S2/c16-13-3-1-2-4-14(13)23(20,21)18-8-6-17(7-9-18)15(19)12-5-10-22-11-12/h1-5,10-11H,6-9H2. The summed E-state index contributed by atoms with van der Waals surface area (Å²) >= 11 is 4.77. The number of thiophene rings is 1. The Kier molecular flexibility index (Phi) is 4.86. The molecular formula is C15H15BrN2O3S2. The first-order chi connectivity index (χ1) is 11.0. The van der Waals surface area contributed by atoms with Gasteiger partial charge in [0.15, 0.2) is 0 Å². The van der Waals surface area contributed by atoms with Crippen LogP contribution in [0.25, 0.3) is 0 Å². The van der Waals surface area contributed by atoms with Gasteiger partial charge in [0.2, 0.25) is 10.0 Å². The minimum absolute atomic E-state index is 0.0378. The van der Waals surface area contributed by atoms with E-state index in [0.717, 1.165) is 0 Å². The molecule has 1 aromatic heterocycles. The van der Waals surface area contributed by atoms with Crippen LogP contribution in [-0.2, 0) is 10.0 Å². The van der Waals surface area contributed by atoms with Crippen molar-refractivity contribution in [3.63, 3.8) is 0 Å². The van der Waals surface area contributed by atoms with Gasteiger partial charge in [-0.15, -0.1) is 0 Å². The average Bonchev–Trinajstić information content (AvgIpc) is 3.09. The zero-order chi connectivity index (χ0) is 16.4. The fraction of sp³-hybridized carbons (Fsp3) is 0.267. The SMILES string of the molecule is O=C(c1ccsc1)N1CCN(S(=O)(=O)c2ccccc2Br)CC1. The summed E-state index contributed by atoms with van der Waals surface area (Å²) in [5.74, 6) is -0.0378. The van der Waals surface area contributed by atoms with E-state index in [2.05, 4.69) is 15.9 Å². The van der Waals surface area contributed by atoms with Gasteiger partial charge >= 0.3 is 0 Å². The van der Waals surface area contributed by atoms with E-state index in [1.807, 2.05) is 10.8 Å². The fourth-order valence-corrected chi connectivity index (χ4v) is 5.51. The van der Waals surface area contributed by atoms with Crippen LogP contribution in [0.5, 0.6) is 0 Å². The number of hydrogen-bond donors (Lipinski definition) is 0. The zero-order valence-corrected chi connectivity index (χ0v) is 15.4. The van der Waals surface area contributed by atoms with E-state index in [0.29, 0.717) is 36.2 Å². The second-order valence-corrected chi connectivity index (χ2v) is 8.68. The molecule has 0 spiro atoms. The normalized spacial score (nSPS) is 16.5. The van der Waals surface area contributed by atoms with E-state index in [9.17, 15) is 13.2 Å². The molecule has 0 aliphatic carbocycles. The molecule has 2 aromatic rings. The molecule has 122 valence electrons. The highest BCUT2D eigenvalue weighted by Crippen LogP contribution is 2.25. The number of carbonyl (C=O) groups excluding carboxylic acids is 1. The van der Waals surface area contributed by atoms with Gasteiger partial charge in [-0.25, -0.2) is 8.42 Å². The van der Waals surface area contributed by atoms with Crippen molar-refractivity contribution >= 4 is 43.2 Å². The average molecular weight is 415 g/mol. The second-order valence-electron chi connectivity index (χ2n) is 5.14. The summed E-state index contributed by atoms with van der Waals surface area (Å²) in [7, 11) is -3.55. The van der Waals surface area contributed by atoms with Crippen molar-refractivity contribution in [2.45, 2.75) is 4.90 Å². The molecule has 0 bridgehead atoms. The fourth-order valence-electron chi connectivity index (χ4n) is 2.49. The molecule has 1 aliphatic rings. The van der Waals surface area contributed by atoms with Gasteiger partial charge < -0.3 is 4.90 Å². The van der Waals surface area contributed by atoms with Crippen molar-refractivity contribution in [3.05, 3.63) is 51.1 Å². The van der Waals surface area contributed by atoms with Crippen LogP contribution < -0.4 is 0 Å². The Hall–Kier alpha value is -1.22. The van der Waals surface area contributed by atoms with Crippen LogP contribution in [0.15, 0.2) is 50.5 Å². The van der Waals surface area contributed by atoms with Gasteiger partial charge in [0.1, 0.15) is 0 Å². The van der Waals surface area contributed by atoms with Crippen LogP contribution in [0.2, 0.25) is 0 Å². The second kappa shape index (κ2) is 6.72. The molecule has 0 radical (unpaired) electrons. The lowest BCUT2D eigenvalue weighted by atomic mass is 10.2. The molecule has 5 nitrogen and oxygen atoms in total. The zero-order valence-electron chi connectivity index (χ0n) is 12.2. The minimum Gasteiger partial charge on any atom is -0.336 e. The Labute approximate surface area is 147 Å². The molecule has 2 heterocycles. The molecule has 0 saturated carbocycles. The van der Waals surface area contributed by atoms with Crippen LogP contribution in [0, 0.1) is 0 Å². The van der Waals surface area contributed by atoms with Gasteiger partial charge in [0, 0.05) is 36.0 Å². The molecule has 1 aliphatic heterocycles. The minimum atomic E-state index is -3.55. The number of rotatable bonds is 3. The summed E-state index contributed by atoms with van der Waals surface area (Å²) < 4.78 is 27.4. The first-order valence-corrected chi connectivity index (χ1v) is 10.2. The van der Waals surface area contributed by atoms with Crippen LogP contribution in [-0.4, -0.2) is 49.7 Å². The van der Waals surface area contributed by atoms with Crippen molar-refractivity contribution in [2.24, 2.45) is 0 Å². The molecule has 1 amide bonds. The van der Waals surface area contributed by atoms with Crippen molar-refractivity contribution < 1.29 is 13.2 Å². The predicted molar refractivity (Wildman–Crippen MR) is 93.1 cm³/mol. The summed E-state index contributed by atoms with van der Waals surface area (Å²) in [6, 6.07) is 8.57. The Morgan fingerprint density at radius 3 is 2.39 bits per heavy atom. The van der Waals surface area contributed by atoms with Crippen LogP contribution in [0.3, 0.4) is 0 Å². The summed E-state index contributed by atoms with van der Waals surface area (Å²) in [6.45, 7) is 1.41. The number of sulfonamides is 1. The lowest BCUT2D eigenvalue weighted by Crippen LogP contribution is -2.50. The number of halogens is 1. The van der Waals surface area contributed by atoms with Gasteiger partial charge in [0.25, 0.3) is 5.91 Å². The van der Waals surface area contributed by atoms with Gasteiger partial charge in [0.05, 0.1) is 10.5 Å². The largest absolute Gasteiger partial charge is 0.336 e. The maximum absolute atomic E-state index is 12.7. The Morgan fingerprint density at radius 1 is 1.09 bits per heavy atom. The third kappa shape index (κ3) is 3.35. The van der Waals surface area contributed by atoms with Gasteiger partial charge in [-0.1, -0.05) is 12.1 Å². The number of amides is 1. The summed E-state index contributed by atoms with van der Waals surface area (Å²) in [4.78, 5) is 14.3. The quantitative estimate of drug-likeness (QED) is 0.775. The van der Waals surface area contributed by atoms with Gasteiger partial charge in [-0.3, -0.25) is 4.79 Å².